The maximum atomic E-state index is 2.62. The first-order chi connectivity index (χ1) is 16.5. The van der Waals surface area contributed by atoms with Gasteiger partial charge >= 0.3 is 211 Å². The van der Waals surface area contributed by atoms with Crippen LogP contribution in [0.5, 0.6) is 0 Å². The maximum absolute atomic E-state index is 2.96. The Labute approximate surface area is 209 Å². The predicted molar refractivity (Wildman–Crippen MR) is 145 cm³/mol. The molecule has 0 amide bonds. The number of hydrogen-bond acceptors (Lipinski definition) is 0. The Morgan fingerprint density at radius 2 is 0.971 bits per heavy atom. The summed E-state index contributed by atoms with van der Waals surface area (Å²) in [6.45, 7) is 10.4. The van der Waals surface area contributed by atoms with Gasteiger partial charge in [-0.25, -0.2) is 0 Å². The van der Waals surface area contributed by atoms with Gasteiger partial charge in [-0.2, -0.15) is 0 Å². The number of rotatable bonds is 2. The zero-order valence-electron chi connectivity index (χ0n) is 20.7. The average Bonchev–Trinajstić information content (AvgIpc) is 3.39. The average molecular weight is 536 g/mol. The van der Waals surface area contributed by atoms with E-state index in [-0.39, 0.29) is 0 Å². The molecule has 0 aromatic heterocycles. The molecule has 0 fully saturated rings. The molecule has 2 aliphatic carbocycles. The van der Waals surface area contributed by atoms with Gasteiger partial charge in [-0.3, -0.25) is 0 Å². The van der Waals surface area contributed by atoms with Crippen molar-refractivity contribution in [2.45, 2.75) is 42.5 Å². The van der Waals surface area contributed by atoms with Crippen LogP contribution < -0.4 is 10.4 Å². The molecule has 7 rings (SSSR count). The van der Waals surface area contributed by atoms with Crippen LogP contribution in [-0.2, 0) is 20.3 Å². The first-order valence-electron chi connectivity index (χ1n) is 13.0. The predicted octanol–water partition coefficient (Wildman–Crippen LogP) is 7.69. The molecule has 4 aromatic carbocycles. The van der Waals surface area contributed by atoms with Crippen LogP contribution in [0.15, 0.2) is 84.9 Å². The van der Waals surface area contributed by atoms with E-state index >= 15 is 0 Å². The fourth-order valence-corrected chi connectivity index (χ4v) is 26.8. The quantitative estimate of drug-likeness (QED) is 0.231. The molecule has 0 radical (unpaired) electrons. The molecule has 3 aliphatic rings. The first-order valence-corrected chi connectivity index (χ1v) is 22.3. The van der Waals surface area contributed by atoms with Crippen LogP contribution in [0.4, 0.5) is 0 Å². The van der Waals surface area contributed by atoms with Gasteiger partial charge in [-0.15, -0.1) is 0 Å². The molecular formula is C32H32SiZr. The second kappa shape index (κ2) is 7.25. The fourth-order valence-electron chi connectivity index (χ4n) is 8.18. The first kappa shape index (κ1) is 21.3. The third-order valence-electron chi connectivity index (χ3n) is 9.73. The molecule has 2 unspecified atom stereocenters. The van der Waals surface area contributed by atoms with Gasteiger partial charge in [0, 0.05) is 0 Å². The molecule has 0 bridgehead atoms. The summed E-state index contributed by atoms with van der Waals surface area (Å²) < 4.78 is 4.06. The van der Waals surface area contributed by atoms with Gasteiger partial charge in [-0.1, -0.05) is 0 Å². The van der Waals surface area contributed by atoms with Gasteiger partial charge in [0.05, 0.1) is 0 Å². The van der Waals surface area contributed by atoms with Crippen molar-refractivity contribution >= 4 is 18.4 Å². The Morgan fingerprint density at radius 3 is 1.41 bits per heavy atom. The van der Waals surface area contributed by atoms with Crippen LogP contribution in [-0.4, -0.2) is 8.07 Å². The summed E-state index contributed by atoms with van der Waals surface area (Å²) in [6, 6.07) is 33.5. The summed E-state index contributed by atoms with van der Waals surface area (Å²) in [5.74, 6) is 0. The van der Waals surface area contributed by atoms with Crippen molar-refractivity contribution in [3.05, 3.63) is 107 Å². The van der Waals surface area contributed by atoms with Crippen LogP contribution in [0, 0.1) is 0 Å². The molecule has 168 valence electrons. The summed E-state index contributed by atoms with van der Waals surface area (Å²) in [4.78, 5) is 0. The summed E-state index contributed by atoms with van der Waals surface area (Å²) >= 11 is -2.96. The van der Waals surface area contributed by atoms with Crippen molar-refractivity contribution in [3.63, 3.8) is 0 Å². The van der Waals surface area contributed by atoms with E-state index in [9.17, 15) is 0 Å². The SMILES string of the molecule is C[CH2][Zr]1([CH2]C)[CH]2c3ccccc3-c3cccc(c32)[Si](C)(C)c2cccc3c2[CH]1c1ccccc1-3. The Bertz CT molecular complexity index is 1370. The third kappa shape index (κ3) is 2.42. The molecular weight excluding hydrogens is 504 g/mol. The number of fused-ring (bicyclic) bond motifs is 6. The van der Waals surface area contributed by atoms with E-state index in [0.29, 0.717) is 7.25 Å². The van der Waals surface area contributed by atoms with Crippen LogP contribution in [0.2, 0.25) is 21.4 Å². The fraction of sp³-hybridized carbons (Fsp3) is 0.250. The van der Waals surface area contributed by atoms with Crippen molar-refractivity contribution in [2.75, 3.05) is 0 Å². The van der Waals surface area contributed by atoms with E-state index < -0.39 is 28.3 Å². The van der Waals surface area contributed by atoms with Crippen molar-refractivity contribution in [2.24, 2.45) is 0 Å². The van der Waals surface area contributed by atoms with Crippen LogP contribution in [0.25, 0.3) is 22.3 Å². The Hall–Kier alpha value is -2.02. The number of hydrogen-bond donors (Lipinski definition) is 0. The summed E-state index contributed by atoms with van der Waals surface area (Å²) in [5, 5.41) is 3.41. The topological polar surface area (TPSA) is 0 Å². The molecule has 2 atom stereocenters. The zero-order valence-corrected chi connectivity index (χ0v) is 24.1. The normalized spacial score (nSPS) is 21.6. The van der Waals surface area contributed by atoms with Gasteiger partial charge in [0.2, 0.25) is 0 Å². The summed E-state index contributed by atoms with van der Waals surface area (Å²) in [6.07, 6.45) is 0. The van der Waals surface area contributed by atoms with Crippen LogP contribution in [0.1, 0.15) is 43.4 Å². The molecule has 0 nitrogen and oxygen atoms in total. The molecule has 2 heteroatoms. The monoisotopic (exact) mass is 534 g/mol. The second-order valence-corrected chi connectivity index (χ2v) is 27.8. The van der Waals surface area contributed by atoms with Crippen LogP contribution in [0.3, 0.4) is 0 Å². The Kier molecular flexibility index (Phi) is 4.54. The van der Waals surface area contributed by atoms with E-state index in [4.69, 9.17) is 0 Å². The summed E-state index contributed by atoms with van der Waals surface area (Å²) in [7, 11) is -1.91. The molecule has 0 saturated carbocycles. The minimum atomic E-state index is -2.96. The van der Waals surface area contributed by atoms with Crippen molar-refractivity contribution in [1.82, 2.24) is 0 Å². The Balaban J connectivity index is 1.70. The molecule has 0 saturated heterocycles. The third-order valence-corrected chi connectivity index (χ3v) is 28.4. The van der Waals surface area contributed by atoms with Crippen LogP contribution >= 0.6 is 0 Å². The molecule has 4 aromatic rings. The van der Waals surface area contributed by atoms with E-state index in [1.807, 2.05) is 0 Å². The molecule has 1 heterocycles. The van der Waals surface area contributed by atoms with E-state index in [2.05, 4.69) is 112 Å². The van der Waals surface area contributed by atoms with Crippen molar-refractivity contribution < 1.29 is 20.3 Å². The molecule has 34 heavy (non-hydrogen) atoms. The van der Waals surface area contributed by atoms with Crippen molar-refractivity contribution in [3.8, 4) is 22.3 Å². The van der Waals surface area contributed by atoms with Gasteiger partial charge in [0.1, 0.15) is 0 Å². The molecule has 1 aliphatic heterocycles. The van der Waals surface area contributed by atoms with Crippen molar-refractivity contribution in [1.29, 1.82) is 0 Å². The van der Waals surface area contributed by atoms with E-state index in [0.717, 1.165) is 0 Å². The minimum absolute atomic E-state index is 0.649. The van der Waals surface area contributed by atoms with E-state index in [1.165, 1.54) is 19.4 Å². The van der Waals surface area contributed by atoms with Gasteiger partial charge in [0.25, 0.3) is 0 Å². The zero-order chi connectivity index (χ0) is 23.2. The van der Waals surface area contributed by atoms with Gasteiger partial charge in [-0.05, 0) is 0 Å². The molecule has 0 spiro atoms. The van der Waals surface area contributed by atoms with Gasteiger partial charge in [0.15, 0.2) is 0 Å². The van der Waals surface area contributed by atoms with Gasteiger partial charge < -0.3 is 0 Å². The standard InChI is InChI=1S/C28H22Si.2C2H5.Zr/c1-29(2,27-15-7-13-23-21-11-5-3-9-19(21)17-25(23)27)28-16-8-14-24-22-12-6-4-10-20(22)18-26(24)28;2*1-2;/h3-18H,1-2H3;2*1H2,2H3;. The summed E-state index contributed by atoms with van der Waals surface area (Å²) in [5.41, 5.74) is 12.9. The Morgan fingerprint density at radius 1 is 0.559 bits per heavy atom. The van der Waals surface area contributed by atoms with E-state index in [1.54, 1.807) is 43.8 Å². The second-order valence-electron chi connectivity index (χ2n) is 11.1. The molecule has 0 N–H and O–H groups in total. The number of benzene rings is 4.